The van der Waals surface area contributed by atoms with Gasteiger partial charge in [0.25, 0.3) is 0 Å². The lowest BCUT2D eigenvalue weighted by atomic mass is 10.2. The summed E-state index contributed by atoms with van der Waals surface area (Å²) >= 11 is 5.14. The van der Waals surface area contributed by atoms with Crippen LogP contribution in [0.3, 0.4) is 0 Å². The molecule has 2 rings (SSSR count). The van der Waals surface area contributed by atoms with Gasteiger partial charge in [-0.15, -0.1) is 5.10 Å². The van der Waals surface area contributed by atoms with E-state index < -0.39 is 0 Å². The number of ether oxygens (including phenoxy) is 1. The first-order valence-electron chi connectivity index (χ1n) is 6.24. The number of aromatic nitrogens is 3. The van der Waals surface area contributed by atoms with Gasteiger partial charge in [0, 0.05) is 29.6 Å². The van der Waals surface area contributed by atoms with Gasteiger partial charge in [0.2, 0.25) is 5.16 Å². The Labute approximate surface area is 131 Å². The average Bonchev–Trinajstić information content (AvgIpc) is 2.82. The molecule has 0 radical (unpaired) electrons. The van der Waals surface area contributed by atoms with Gasteiger partial charge in [-0.1, -0.05) is 22.0 Å². The number of nitrogens with zero attached hydrogens (tertiary/aromatic N) is 2. The van der Waals surface area contributed by atoms with Crippen molar-refractivity contribution in [3.63, 3.8) is 0 Å². The molecule has 0 amide bonds. The zero-order valence-electron chi connectivity index (χ0n) is 11.4. The van der Waals surface area contributed by atoms with Crippen molar-refractivity contribution in [3.05, 3.63) is 34.1 Å². The van der Waals surface area contributed by atoms with Gasteiger partial charge < -0.3 is 10.1 Å². The molecule has 1 aromatic carbocycles. The van der Waals surface area contributed by atoms with Gasteiger partial charge in [-0.2, -0.15) is 0 Å². The second-order valence-corrected chi connectivity index (χ2v) is 6.12. The predicted octanol–water partition coefficient (Wildman–Crippen LogP) is 2.76. The molecule has 20 heavy (non-hydrogen) atoms. The normalized spacial score (nSPS) is 10.9. The molecule has 0 unspecified atom stereocenters. The summed E-state index contributed by atoms with van der Waals surface area (Å²) in [5.41, 5.74) is 1.22. The Morgan fingerprint density at radius 2 is 2.30 bits per heavy atom. The standard InChI is InChI=1S/C13H17BrN4OS/c1-9-16-13(18-17-9)20-11-4-3-10(12(14)7-11)8-15-5-6-19-2/h3-4,7,15H,5-6,8H2,1-2H3,(H,16,17,18). The van der Waals surface area contributed by atoms with Crippen molar-refractivity contribution in [3.8, 4) is 0 Å². The van der Waals surface area contributed by atoms with Gasteiger partial charge in [0.15, 0.2) is 0 Å². The van der Waals surface area contributed by atoms with E-state index in [0.717, 1.165) is 40.0 Å². The SMILES string of the molecule is COCCNCc1ccc(Sc2n[nH]c(C)n2)cc1Br. The van der Waals surface area contributed by atoms with Gasteiger partial charge in [0.1, 0.15) is 5.82 Å². The van der Waals surface area contributed by atoms with Gasteiger partial charge in [-0.3, -0.25) is 5.10 Å². The van der Waals surface area contributed by atoms with E-state index in [4.69, 9.17) is 4.74 Å². The second kappa shape index (κ2) is 7.78. The Balaban J connectivity index is 1.94. The number of hydrogen-bond acceptors (Lipinski definition) is 5. The molecule has 0 aliphatic rings. The fraction of sp³-hybridized carbons (Fsp3) is 0.385. The molecule has 0 saturated heterocycles. The fourth-order valence-electron chi connectivity index (χ4n) is 1.61. The summed E-state index contributed by atoms with van der Waals surface area (Å²) in [5, 5.41) is 11.0. The fourth-order valence-corrected chi connectivity index (χ4v) is 3.07. The van der Waals surface area contributed by atoms with Crippen LogP contribution in [-0.4, -0.2) is 35.4 Å². The minimum absolute atomic E-state index is 0.718. The lowest BCUT2D eigenvalue weighted by molar-refractivity contribution is 0.199. The first-order valence-corrected chi connectivity index (χ1v) is 7.85. The number of halogens is 1. The van der Waals surface area contributed by atoms with Crippen LogP contribution >= 0.6 is 27.7 Å². The van der Waals surface area contributed by atoms with Crippen LogP contribution in [0, 0.1) is 6.92 Å². The highest BCUT2D eigenvalue weighted by Crippen LogP contribution is 2.28. The van der Waals surface area contributed by atoms with E-state index in [1.807, 2.05) is 6.92 Å². The zero-order valence-corrected chi connectivity index (χ0v) is 13.8. The zero-order chi connectivity index (χ0) is 14.4. The van der Waals surface area contributed by atoms with Crippen molar-refractivity contribution in [1.29, 1.82) is 0 Å². The maximum atomic E-state index is 5.00. The molecule has 2 N–H and O–H groups in total. The smallest absolute Gasteiger partial charge is 0.213 e. The number of aryl methyl sites for hydroxylation is 1. The third-order valence-corrected chi connectivity index (χ3v) is 4.20. The number of H-pyrrole nitrogens is 1. The van der Waals surface area contributed by atoms with E-state index in [1.165, 1.54) is 17.3 Å². The first-order chi connectivity index (χ1) is 9.69. The quantitative estimate of drug-likeness (QED) is 0.746. The molecule has 1 heterocycles. The van der Waals surface area contributed by atoms with Crippen molar-refractivity contribution >= 4 is 27.7 Å². The summed E-state index contributed by atoms with van der Waals surface area (Å²) < 4.78 is 6.09. The maximum Gasteiger partial charge on any atom is 0.213 e. The Morgan fingerprint density at radius 1 is 1.45 bits per heavy atom. The number of aromatic amines is 1. The van der Waals surface area contributed by atoms with Crippen LogP contribution in [0.25, 0.3) is 0 Å². The Morgan fingerprint density at radius 3 is 2.95 bits per heavy atom. The van der Waals surface area contributed by atoms with Gasteiger partial charge >= 0.3 is 0 Å². The van der Waals surface area contributed by atoms with Crippen molar-refractivity contribution in [2.24, 2.45) is 0 Å². The Bertz CT molecular complexity index is 561. The molecule has 0 bridgehead atoms. The molecule has 0 aliphatic heterocycles. The molecule has 2 aromatic rings. The van der Waals surface area contributed by atoms with Crippen LogP contribution in [0.15, 0.2) is 32.7 Å². The Kier molecular flexibility index (Phi) is 6.03. The van der Waals surface area contributed by atoms with Gasteiger partial charge in [-0.25, -0.2) is 4.98 Å². The third-order valence-electron chi connectivity index (χ3n) is 2.61. The molecule has 7 heteroatoms. The van der Waals surface area contributed by atoms with Crippen LogP contribution < -0.4 is 5.32 Å². The van der Waals surface area contributed by atoms with Gasteiger partial charge in [0.05, 0.1) is 6.61 Å². The van der Waals surface area contributed by atoms with Crippen molar-refractivity contribution in [2.75, 3.05) is 20.3 Å². The highest BCUT2D eigenvalue weighted by atomic mass is 79.9. The van der Waals surface area contributed by atoms with Crippen LogP contribution in [0.4, 0.5) is 0 Å². The summed E-state index contributed by atoms with van der Waals surface area (Å²) in [6, 6.07) is 6.27. The molecular formula is C13H17BrN4OS. The van der Waals surface area contributed by atoms with Crippen molar-refractivity contribution in [1.82, 2.24) is 20.5 Å². The number of rotatable bonds is 7. The summed E-state index contributed by atoms with van der Waals surface area (Å²) in [6.07, 6.45) is 0. The van der Waals surface area contributed by atoms with Crippen LogP contribution in [0.5, 0.6) is 0 Å². The Hall–Kier alpha value is -0.890. The van der Waals surface area contributed by atoms with E-state index >= 15 is 0 Å². The lowest BCUT2D eigenvalue weighted by Crippen LogP contribution is -2.18. The molecule has 1 aromatic heterocycles. The summed E-state index contributed by atoms with van der Waals surface area (Å²) in [7, 11) is 1.70. The monoisotopic (exact) mass is 356 g/mol. The van der Waals surface area contributed by atoms with E-state index in [9.17, 15) is 0 Å². The number of benzene rings is 1. The minimum atomic E-state index is 0.718. The molecular weight excluding hydrogens is 340 g/mol. The molecule has 5 nitrogen and oxygen atoms in total. The van der Waals surface area contributed by atoms with Crippen molar-refractivity contribution < 1.29 is 4.74 Å². The number of nitrogens with one attached hydrogen (secondary N) is 2. The topological polar surface area (TPSA) is 62.8 Å². The van der Waals surface area contributed by atoms with E-state index in [0.29, 0.717) is 0 Å². The molecule has 0 fully saturated rings. The van der Waals surface area contributed by atoms with E-state index in [1.54, 1.807) is 7.11 Å². The largest absolute Gasteiger partial charge is 0.383 e. The average molecular weight is 357 g/mol. The first kappa shape index (κ1) is 15.5. The maximum absolute atomic E-state index is 5.00. The molecule has 0 saturated carbocycles. The molecule has 0 spiro atoms. The summed E-state index contributed by atoms with van der Waals surface area (Å²) in [6.45, 7) is 4.27. The molecule has 0 aliphatic carbocycles. The van der Waals surface area contributed by atoms with Crippen LogP contribution in [0.2, 0.25) is 0 Å². The molecule has 0 atom stereocenters. The minimum Gasteiger partial charge on any atom is -0.383 e. The predicted molar refractivity (Wildman–Crippen MR) is 83.0 cm³/mol. The van der Waals surface area contributed by atoms with E-state index in [-0.39, 0.29) is 0 Å². The highest BCUT2D eigenvalue weighted by molar-refractivity contribution is 9.10. The van der Waals surface area contributed by atoms with Crippen LogP contribution in [0.1, 0.15) is 11.4 Å². The number of methoxy groups -OCH3 is 1. The summed E-state index contributed by atoms with van der Waals surface area (Å²) in [4.78, 5) is 5.39. The van der Waals surface area contributed by atoms with Crippen LogP contribution in [-0.2, 0) is 11.3 Å². The third kappa shape index (κ3) is 4.59. The second-order valence-electron chi connectivity index (χ2n) is 4.23. The van der Waals surface area contributed by atoms with E-state index in [2.05, 4.69) is 54.6 Å². The number of hydrogen-bond donors (Lipinski definition) is 2. The lowest BCUT2D eigenvalue weighted by Gasteiger charge is -2.08. The molecule has 108 valence electrons. The van der Waals surface area contributed by atoms with Gasteiger partial charge in [-0.05, 0) is 36.4 Å². The highest BCUT2D eigenvalue weighted by Gasteiger charge is 2.06. The summed E-state index contributed by atoms with van der Waals surface area (Å²) in [5.74, 6) is 0.825. The van der Waals surface area contributed by atoms with Crippen molar-refractivity contribution in [2.45, 2.75) is 23.5 Å².